The number of likely N-dealkylation sites (tertiary alicyclic amines) is 2. The summed E-state index contributed by atoms with van der Waals surface area (Å²) in [4.78, 5) is 56.2. The zero-order valence-corrected chi connectivity index (χ0v) is 30.2. The first kappa shape index (κ1) is 37.0. The molecule has 0 bridgehead atoms. The molecule has 12 nitrogen and oxygen atoms in total. The van der Waals surface area contributed by atoms with Crippen molar-refractivity contribution in [2.45, 2.75) is 62.9 Å². The predicted molar refractivity (Wildman–Crippen MR) is 193 cm³/mol. The monoisotopic (exact) mass is 757 g/mol. The molecule has 3 aliphatic heterocycles. The van der Waals surface area contributed by atoms with Gasteiger partial charge in [-0.2, -0.15) is 13.2 Å². The maximum atomic E-state index is 14.1. The van der Waals surface area contributed by atoms with Crippen LogP contribution in [0.15, 0.2) is 47.4 Å². The number of para-hydroxylation sites is 1. The molecule has 1 atom stereocenters. The van der Waals surface area contributed by atoms with Gasteiger partial charge >= 0.3 is 18.0 Å². The van der Waals surface area contributed by atoms with Gasteiger partial charge < -0.3 is 29.5 Å². The number of rotatable bonds is 6. The van der Waals surface area contributed by atoms with Gasteiger partial charge in [-0.05, 0) is 76.0 Å². The van der Waals surface area contributed by atoms with Crippen molar-refractivity contribution < 1.29 is 32.6 Å². The maximum absolute atomic E-state index is 14.1. The van der Waals surface area contributed by atoms with E-state index in [9.17, 15) is 32.7 Å². The molecule has 2 aromatic carbocycles. The van der Waals surface area contributed by atoms with Gasteiger partial charge in [-0.3, -0.25) is 19.2 Å². The highest BCUT2D eigenvalue weighted by molar-refractivity contribution is 6.32. The Kier molecular flexibility index (Phi) is 10.6. The number of aromatic amines is 1. The van der Waals surface area contributed by atoms with Crippen LogP contribution in [0, 0.1) is 0 Å². The highest BCUT2D eigenvalue weighted by atomic mass is 35.5. The lowest BCUT2D eigenvalue weighted by Crippen LogP contribution is -2.51. The lowest BCUT2D eigenvalue weighted by atomic mass is 10.00. The minimum atomic E-state index is -4.90. The van der Waals surface area contributed by atoms with Crippen molar-refractivity contribution in [3.05, 3.63) is 69.2 Å². The van der Waals surface area contributed by atoms with E-state index in [2.05, 4.69) is 26.8 Å². The van der Waals surface area contributed by atoms with Gasteiger partial charge in [-0.1, -0.05) is 29.8 Å². The number of alkyl halides is 3. The Morgan fingerprint density at radius 2 is 1.68 bits per heavy atom. The number of aromatic nitrogens is 3. The van der Waals surface area contributed by atoms with E-state index in [1.165, 1.54) is 4.90 Å². The number of fused-ring (bicyclic) bond motifs is 3. The first-order chi connectivity index (χ1) is 25.4. The van der Waals surface area contributed by atoms with Crippen molar-refractivity contribution in [3.63, 3.8) is 0 Å². The number of aromatic hydroxyl groups is 1. The molecule has 16 heteroatoms. The summed E-state index contributed by atoms with van der Waals surface area (Å²) in [5.41, 5.74) is 0.497. The second-order valence-corrected chi connectivity index (χ2v) is 14.8. The Labute approximate surface area is 309 Å². The van der Waals surface area contributed by atoms with Crippen molar-refractivity contribution in [3.8, 4) is 5.75 Å². The number of carbonyl (C=O) groups excluding carboxylic acids is 2. The number of benzene rings is 2. The summed E-state index contributed by atoms with van der Waals surface area (Å²) in [7, 11) is 2.11. The van der Waals surface area contributed by atoms with Gasteiger partial charge in [0.1, 0.15) is 5.75 Å². The molecule has 3 aliphatic rings. The third-order valence-corrected chi connectivity index (χ3v) is 11.3. The van der Waals surface area contributed by atoms with Crippen LogP contribution in [0.1, 0.15) is 49.3 Å². The van der Waals surface area contributed by atoms with E-state index in [4.69, 9.17) is 16.3 Å². The number of H-pyrrole nitrogens is 1. The number of hydrogen-bond acceptors (Lipinski definition) is 8. The van der Waals surface area contributed by atoms with E-state index in [1.54, 1.807) is 15.7 Å². The number of piperidine rings is 2. The van der Waals surface area contributed by atoms with Crippen LogP contribution in [0.25, 0.3) is 21.9 Å². The number of nitrogens with zero attached hydrogens (tertiary/aromatic N) is 6. The van der Waals surface area contributed by atoms with Crippen molar-refractivity contribution >= 4 is 45.5 Å². The summed E-state index contributed by atoms with van der Waals surface area (Å²) < 4.78 is 48.9. The van der Waals surface area contributed by atoms with E-state index in [1.807, 2.05) is 24.3 Å². The molecule has 2 aromatic heterocycles. The Morgan fingerprint density at radius 1 is 0.981 bits per heavy atom. The fourth-order valence-electron chi connectivity index (χ4n) is 8.06. The smallest absolute Gasteiger partial charge is 0.420 e. The highest BCUT2D eigenvalue weighted by Gasteiger charge is 2.38. The van der Waals surface area contributed by atoms with Crippen LogP contribution in [0.2, 0.25) is 5.02 Å². The van der Waals surface area contributed by atoms with Crippen LogP contribution in [0.5, 0.6) is 5.75 Å². The Bertz CT molecular complexity index is 2040. The molecule has 0 unspecified atom stereocenters. The Morgan fingerprint density at radius 3 is 2.42 bits per heavy atom. The SMILES string of the molecule is CN1CCCN(C2CCN(C(=O)[C@@H](Cc3cc(Cl)c(O)c(C(F)(F)F)c3)OC(=O)N3CCC(n4c(=O)[nH]c5c6ccccc6ncc54)CC3)CC2)CC1. The van der Waals surface area contributed by atoms with Gasteiger partial charge in [0.2, 0.25) is 0 Å². The first-order valence-corrected chi connectivity index (χ1v) is 18.5. The highest BCUT2D eigenvalue weighted by Crippen LogP contribution is 2.41. The predicted octanol–water partition coefficient (Wildman–Crippen LogP) is 5.27. The molecule has 0 aliphatic carbocycles. The summed E-state index contributed by atoms with van der Waals surface area (Å²) in [6, 6.07) is 9.49. The van der Waals surface area contributed by atoms with Gasteiger partial charge in [0.05, 0.1) is 33.3 Å². The molecule has 53 heavy (non-hydrogen) atoms. The second-order valence-electron chi connectivity index (χ2n) is 14.4. The number of ether oxygens (including phenoxy) is 1. The average molecular weight is 758 g/mol. The Balaban J connectivity index is 1.06. The van der Waals surface area contributed by atoms with Gasteiger partial charge in [-0.15, -0.1) is 0 Å². The first-order valence-electron chi connectivity index (χ1n) is 18.1. The Hall–Kier alpha value is -4.34. The van der Waals surface area contributed by atoms with E-state index in [0.717, 1.165) is 68.5 Å². The molecule has 0 radical (unpaired) electrons. The van der Waals surface area contributed by atoms with Crippen molar-refractivity contribution in [2.24, 2.45) is 0 Å². The van der Waals surface area contributed by atoms with Crippen LogP contribution in [-0.2, 0) is 22.1 Å². The molecule has 2 N–H and O–H groups in total. The van der Waals surface area contributed by atoms with Crippen LogP contribution in [0.4, 0.5) is 18.0 Å². The normalized spacial score (nSPS) is 19.5. The molecule has 4 aromatic rings. The standard InChI is InChI=1S/C37H43ClF3N7O5/c1-44-11-4-12-45(18-17-44)24-7-13-46(14-8-24)34(50)31(21-23-19-27(37(39,40)41)33(49)28(38)20-23)53-36(52)47-15-9-25(10-16-47)48-30-22-42-29-6-3-2-5-26(29)32(30)43-35(48)51/h2-3,5-6,19-20,22,24-25,31,49H,4,7-18,21H2,1H3,(H,43,51)/t31-/m1/s1. The summed E-state index contributed by atoms with van der Waals surface area (Å²) in [5.74, 6) is -1.60. The fourth-order valence-corrected chi connectivity index (χ4v) is 8.30. The number of likely N-dealkylation sites (N-methyl/N-ethyl adjacent to an activating group) is 1. The molecule has 0 spiro atoms. The van der Waals surface area contributed by atoms with Crippen molar-refractivity contribution in [1.82, 2.24) is 34.1 Å². The number of carbonyl (C=O) groups is 2. The van der Waals surface area contributed by atoms with Gasteiger partial charge in [-0.25, -0.2) is 9.59 Å². The van der Waals surface area contributed by atoms with Crippen LogP contribution in [-0.4, -0.2) is 123 Å². The summed E-state index contributed by atoms with van der Waals surface area (Å²) in [6.45, 7) is 5.22. The summed E-state index contributed by atoms with van der Waals surface area (Å²) in [6.07, 6.45) is -2.43. The zero-order valence-electron chi connectivity index (χ0n) is 29.4. The van der Waals surface area contributed by atoms with Crippen LogP contribution >= 0.6 is 11.6 Å². The number of amides is 2. The number of hydrogen-bond donors (Lipinski definition) is 2. The number of imidazole rings is 1. The molecule has 5 heterocycles. The van der Waals surface area contributed by atoms with E-state index < -0.39 is 40.6 Å². The number of nitrogens with one attached hydrogen (secondary N) is 1. The lowest BCUT2D eigenvalue weighted by Gasteiger charge is -2.39. The topological polar surface area (TPSA) is 127 Å². The number of pyridine rings is 1. The molecule has 2 amide bonds. The largest absolute Gasteiger partial charge is 0.506 e. The summed E-state index contributed by atoms with van der Waals surface area (Å²) >= 11 is 6.01. The van der Waals surface area contributed by atoms with Gasteiger partial charge in [0, 0.05) is 63.2 Å². The quantitative estimate of drug-likeness (QED) is 0.273. The third kappa shape index (κ3) is 7.83. The molecule has 3 fully saturated rings. The van der Waals surface area contributed by atoms with Crippen molar-refractivity contribution in [2.75, 3.05) is 59.4 Å². The lowest BCUT2D eigenvalue weighted by molar-refractivity contribution is -0.142. The second kappa shape index (κ2) is 15.2. The molecule has 7 rings (SSSR count). The average Bonchev–Trinajstić information content (AvgIpc) is 3.33. The molecular formula is C37H43ClF3N7O5. The molecular weight excluding hydrogens is 715 g/mol. The van der Waals surface area contributed by atoms with E-state index in [-0.39, 0.29) is 36.8 Å². The van der Waals surface area contributed by atoms with Gasteiger partial charge in [0.25, 0.3) is 5.91 Å². The fraction of sp³-hybridized carbons (Fsp3) is 0.514. The molecule has 3 saturated heterocycles. The maximum Gasteiger partial charge on any atom is 0.420 e. The molecule has 0 saturated carbocycles. The molecule has 284 valence electrons. The number of halogens is 4. The summed E-state index contributed by atoms with van der Waals surface area (Å²) in [5, 5.41) is 10.4. The minimum absolute atomic E-state index is 0.00611. The zero-order chi connectivity index (χ0) is 37.4. The third-order valence-electron chi connectivity index (χ3n) is 11.0. The number of phenols is 1. The minimum Gasteiger partial charge on any atom is -0.506 e. The van der Waals surface area contributed by atoms with Gasteiger partial charge in [0.15, 0.2) is 6.10 Å². The number of phenolic OH excluding ortho intramolecular Hbond substituents is 1. The van der Waals surface area contributed by atoms with E-state index >= 15 is 0 Å². The van der Waals surface area contributed by atoms with Crippen LogP contribution in [0.3, 0.4) is 0 Å². The van der Waals surface area contributed by atoms with Crippen LogP contribution < -0.4 is 5.69 Å². The van der Waals surface area contributed by atoms with E-state index in [0.29, 0.717) is 43.0 Å². The van der Waals surface area contributed by atoms with Crippen molar-refractivity contribution in [1.29, 1.82) is 0 Å².